The number of hydrogen-bond donors (Lipinski definition) is 1. The van der Waals surface area contributed by atoms with Crippen molar-refractivity contribution in [1.82, 2.24) is 0 Å². The van der Waals surface area contributed by atoms with E-state index < -0.39 is 16.9 Å². The third-order valence-electron chi connectivity index (χ3n) is 3.71. The molecule has 0 saturated heterocycles. The van der Waals surface area contributed by atoms with Crippen molar-refractivity contribution in [2.75, 3.05) is 0 Å². The number of rotatable bonds is 4. The molecule has 1 aromatic rings. The minimum atomic E-state index is -1.05. The van der Waals surface area contributed by atoms with Gasteiger partial charge in [0, 0.05) is 35.4 Å². The SMILES string of the molecule is [N-]=[N+]=N[C@H]1CCC(=O)[C@H]([C@@H](O)c2ccc([N+](=O)[O-])cc2)C1. The number of ketones is 1. The number of nitrogens with zero attached hydrogens (tertiary/aromatic N) is 4. The van der Waals surface area contributed by atoms with Crippen LogP contribution in [0.1, 0.15) is 30.9 Å². The molecule has 1 saturated carbocycles. The second-order valence-electron chi connectivity index (χ2n) is 5.00. The molecule has 0 radical (unpaired) electrons. The van der Waals surface area contributed by atoms with Crippen LogP contribution in [0, 0.1) is 16.0 Å². The summed E-state index contributed by atoms with van der Waals surface area (Å²) in [6.07, 6.45) is 0.00114. The number of non-ortho nitro benzene ring substituents is 1. The van der Waals surface area contributed by atoms with Crippen molar-refractivity contribution in [3.05, 3.63) is 50.4 Å². The van der Waals surface area contributed by atoms with E-state index in [2.05, 4.69) is 10.0 Å². The van der Waals surface area contributed by atoms with E-state index in [4.69, 9.17) is 5.53 Å². The zero-order chi connectivity index (χ0) is 15.4. The zero-order valence-corrected chi connectivity index (χ0v) is 11.1. The van der Waals surface area contributed by atoms with Crippen LogP contribution in [0.25, 0.3) is 10.4 Å². The number of azide groups is 1. The van der Waals surface area contributed by atoms with Gasteiger partial charge in [0.1, 0.15) is 5.78 Å². The molecule has 8 heteroatoms. The molecule has 0 unspecified atom stereocenters. The molecule has 0 amide bonds. The first kappa shape index (κ1) is 15.0. The Balaban J connectivity index is 2.16. The summed E-state index contributed by atoms with van der Waals surface area (Å²) < 4.78 is 0. The molecule has 2 rings (SSSR count). The van der Waals surface area contributed by atoms with E-state index in [1.807, 2.05) is 0 Å². The Kier molecular flexibility index (Phi) is 4.52. The van der Waals surface area contributed by atoms with E-state index in [0.717, 1.165) is 0 Å². The van der Waals surface area contributed by atoms with Gasteiger partial charge in [-0.05, 0) is 36.1 Å². The molecule has 1 N–H and O–H groups in total. The topological polar surface area (TPSA) is 129 Å². The summed E-state index contributed by atoms with van der Waals surface area (Å²) in [6.45, 7) is 0. The minimum absolute atomic E-state index is 0.0760. The van der Waals surface area contributed by atoms with E-state index in [-0.39, 0.29) is 23.9 Å². The molecule has 0 aromatic heterocycles. The summed E-state index contributed by atoms with van der Waals surface area (Å²) in [5, 5.41) is 24.5. The van der Waals surface area contributed by atoms with Crippen LogP contribution >= 0.6 is 0 Å². The van der Waals surface area contributed by atoms with E-state index >= 15 is 0 Å². The quantitative estimate of drug-likeness (QED) is 0.300. The molecule has 1 aromatic carbocycles. The van der Waals surface area contributed by atoms with Crippen LogP contribution in [0.2, 0.25) is 0 Å². The monoisotopic (exact) mass is 290 g/mol. The predicted octanol–water partition coefficient (Wildman–Crippen LogP) is 2.68. The number of nitro benzene ring substituents is 1. The van der Waals surface area contributed by atoms with Crippen molar-refractivity contribution >= 4 is 11.5 Å². The van der Waals surface area contributed by atoms with E-state index in [0.29, 0.717) is 18.4 Å². The van der Waals surface area contributed by atoms with Gasteiger partial charge in [-0.15, -0.1) is 0 Å². The van der Waals surface area contributed by atoms with Gasteiger partial charge in [-0.25, -0.2) is 0 Å². The van der Waals surface area contributed by atoms with Gasteiger partial charge in [0.15, 0.2) is 0 Å². The minimum Gasteiger partial charge on any atom is -0.388 e. The number of carbonyl (C=O) groups is 1. The summed E-state index contributed by atoms with van der Waals surface area (Å²) in [4.78, 5) is 24.7. The highest BCUT2D eigenvalue weighted by molar-refractivity contribution is 5.82. The molecule has 0 aliphatic heterocycles. The Hall–Kier alpha value is -2.44. The maximum absolute atomic E-state index is 11.9. The highest BCUT2D eigenvalue weighted by Crippen LogP contribution is 2.34. The van der Waals surface area contributed by atoms with Gasteiger partial charge in [-0.1, -0.05) is 5.11 Å². The Bertz CT molecular complexity index is 595. The number of aliphatic hydroxyl groups excluding tert-OH is 1. The standard InChI is InChI=1S/C13H14N4O4/c14-16-15-9-3-6-12(18)11(7-9)13(19)8-1-4-10(5-2-8)17(20)21/h1-2,4-5,9,11,13,19H,3,6-7H2/t9-,11+,13-/m0/s1. The lowest BCUT2D eigenvalue weighted by atomic mass is 9.79. The fourth-order valence-electron chi connectivity index (χ4n) is 2.55. The molecular weight excluding hydrogens is 276 g/mol. The lowest BCUT2D eigenvalue weighted by Gasteiger charge is -2.29. The van der Waals surface area contributed by atoms with Gasteiger partial charge >= 0.3 is 0 Å². The molecule has 1 aliphatic carbocycles. The number of benzene rings is 1. The Morgan fingerprint density at radius 2 is 2.10 bits per heavy atom. The number of Topliss-reactive ketones (excluding diaryl/α,β-unsaturated/α-hetero) is 1. The predicted molar refractivity (Wildman–Crippen MR) is 73.3 cm³/mol. The molecule has 3 atom stereocenters. The fourth-order valence-corrected chi connectivity index (χ4v) is 2.55. The van der Waals surface area contributed by atoms with Crippen LogP contribution in [-0.2, 0) is 4.79 Å². The molecule has 8 nitrogen and oxygen atoms in total. The summed E-state index contributed by atoms with van der Waals surface area (Å²) in [5.41, 5.74) is 8.82. The Labute approximate surface area is 120 Å². The number of nitro groups is 1. The Morgan fingerprint density at radius 3 is 2.67 bits per heavy atom. The average molecular weight is 290 g/mol. The zero-order valence-electron chi connectivity index (χ0n) is 11.1. The smallest absolute Gasteiger partial charge is 0.269 e. The molecular formula is C13H14N4O4. The van der Waals surface area contributed by atoms with Crippen molar-refractivity contribution in [2.24, 2.45) is 11.0 Å². The van der Waals surface area contributed by atoms with E-state index in [9.17, 15) is 20.0 Å². The molecule has 110 valence electrons. The number of carbonyl (C=O) groups excluding carboxylic acids is 1. The van der Waals surface area contributed by atoms with Gasteiger partial charge in [0.05, 0.1) is 11.0 Å². The maximum atomic E-state index is 11.9. The van der Waals surface area contributed by atoms with Crippen LogP contribution in [0.15, 0.2) is 29.4 Å². The van der Waals surface area contributed by atoms with Crippen LogP contribution in [0.5, 0.6) is 0 Å². The first-order chi connectivity index (χ1) is 10.0. The van der Waals surface area contributed by atoms with Crippen LogP contribution in [0.4, 0.5) is 5.69 Å². The summed E-state index contributed by atoms with van der Waals surface area (Å²) in [5.74, 6) is -0.721. The largest absolute Gasteiger partial charge is 0.388 e. The second-order valence-corrected chi connectivity index (χ2v) is 5.00. The summed E-state index contributed by atoms with van der Waals surface area (Å²) >= 11 is 0. The number of hydrogen-bond acceptors (Lipinski definition) is 5. The van der Waals surface area contributed by atoms with E-state index in [1.165, 1.54) is 24.3 Å². The van der Waals surface area contributed by atoms with Gasteiger partial charge in [-0.2, -0.15) is 0 Å². The number of aliphatic hydroxyl groups is 1. The third kappa shape index (κ3) is 3.36. The lowest BCUT2D eigenvalue weighted by Crippen LogP contribution is -2.31. The van der Waals surface area contributed by atoms with Crippen molar-refractivity contribution < 1.29 is 14.8 Å². The molecule has 1 aliphatic rings. The normalized spacial score (nSPS) is 23.2. The van der Waals surface area contributed by atoms with Crippen LogP contribution < -0.4 is 0 Å². The van der Waals surface area contributed by atoms with Gasteiger partial charge < -0.3 is 5.11 Å². The van der Waals surface area contributed by atoms with Crippen LogP contribution in [-0.4, -0.2) is 21.9 Å². The summed E-state index contributed by atoms with van der Waals surface area (Å²) in [6, 6.07) is 5.15. The van der Waals surface area contributed by atoms with E-state index in [1.54, 1.807) is 0 Å². The summed E-state index contributed by atoms with van der Waals surface area (Å²) in [7, 11) is 0. The van der Waals surface area contributed by atoms with Crippen LogP contribution in [0.3, 0.4) is 0 Å². The fraction of sp³-hybridized carbons (Fsp3) is 0.462. The maximum Gasteiger partial charge on any atom is 0.269 e. The van der Waals surface area contributed by atoms with Crippen molar-refractivity contribution in [1.29, 1.82) is 0 Å². The van der Waals surface area contributed by atoms with Gasteiger partial charge in [0.25, 0.3) is 5.69 Å². The van der Waals surface area contributed by atoms with Crippen molar-refractivity contribution in [2.45, 2.75) is 31.4 Å². The molecule has 1 fully saturated rings. The molecule has 0 bridgehead atoms. The Morgan fingerprint density at radius 1 is 1.43 bits per heavy atom. The molecule has 0 spiro atoms. The average Bonchev–Trinajstić information content (AvgIpc) is 2.49. The first-order valence-electron chi connectivity index (χ1n) is 6.52. The third-order valence-corrected chi connectivity index (χ3v) is 3.71. The second kappa shape index (κ2) is 6.34. The molecule has 21 heavy (non-hydrogen) atoms. The van der Waals surface area contributed by atoms with Gasteiger partial charge in [-0.3, -0.25) is 14.9 Å². The van der Waals surface area contributed by atoms with Gasteiger partial charge in [0.2, 0.25) is 0 Å². The van der Waals surface area contributed by atoms with Crippen molar-refractivity contribution in [3.63, 3.8) is 0 Å². The highest BCUT2D eigenvalue weighted by Gasteiger charge is 2.34. The molecule has 0 heterocycles. The first-order valence-corrected chi connectivity index (χ1v) is 6.52. The van der Waals surface area contributed by atoms with Crippen molar-refractivity contribution in [3.8, 4) is 0 Å². The highest BCUT2D eigenvalue weighted by atomic mass is 16.6. The lowest BCUT2D eigenvalue weighted by molar-refractivity contribution is -0.384.